The number of carbonyl (C=O) groups excluding carboxylic acids is 1. The highest BCUT2D eigenvalue weighted by atomic mass is 79.9. The van der Waals surface area contributed by atoms with E-state index < -0.39 is 16.7 Å². The Hall–Kier alpha value is -1.54. The molecule has 1 fully saturated rings. The van der Waals surface area contributed by atoms with Crippen molar-refractivity contribution in [1.29, 1.82) is 0 Å². The number of carboxylic acids is 1. The number of halogens is 1. The number of carboxylic acid groups (broad SMARTS) is 1. The van der Waals surface area contributed by atoms with E-state index in [1.165, 1.54) is 11.8 Å². The Labute approximate surface area is 128 Å². The summed E-state index contributed by atoms with van der Waals surface area (Å²) in [5, 5.41) is 14.8. The second-order valence-corrected chi connectivity index (χ2v) is 6.28. The molecule has 0 aliphatic carbocycles. The minimum Gasteiger partial charge on any atom is -0.481 e. The first-order valence-electron chi connectivity index (χ1n) is 5.76. The second kappa shape index (κ2) is 6.76. The molecular formula is C12H12BrN3O3S. The van der Waals surface area contributed by atoms with E-state index in [2.05, 4.69) is 31.8 Å². The third kappa shape index (κ3) is 4.24. The normalized spacial score (nSPS) is 21.9. The Bertz CT molecular complexity index is 535. The standard InChI is InChI=1S/C12H12BrN3O3S/c13-8-3-1-7(2-4-8)6-14-16-12-15-11(19)9(20-12)5-10(17)18/h1-4,6,9,12,16H,5H2,(H,15,19)(H,17,18). The van der Waals surface area contributed by atoms with Gasteiger partial charge in [-0.25, -0.2) is 0 Å². The molecule has 0 aromatic heterocycles. The van der Waals surface area contributed by atoms with Crippen molar-refractivity contribution in [3.63, 3.8) is 0 Å². The third-order valence-corrected chi connectivity index (χ3v) is 4.23. The van der Waals surface area contributed by atoms with Crippen molar-refractivity contribution in [3.8, 4) is 0 Å². The van der Waals surface area contributed by atoms with Gasteiger partial charge in [0.15, 0.2) is 5.50 Å². The zero-order valence-electron chi connectivity index (χ0n) is 10.2. The molecule has 1 saturated heterocycles. The number of hydrogen-bond donors (Lipinski definition) is 3. The number of amides is 1. The third-order valence-electron chi connectivity index (χ3n) is 2.50. The lowest BCUT2D eigenvalue weighted by Gasteiger charge is -2.07. The average molecular weight is 358 g/mol. The zero-order valence-corrected chi connectivity index (χ0v) is 12.6. The second-order valence-electron chi connectivity index (χ2n) is 4.05. The van der Waals surface area contributed by atoms with Crippen molar-refractivity contribution in [3.05, 3.63) is 34.3 Å². The van der Waals surface area contributed by atoms with E-state index in [0.717, 1.165) is 10.0 Å². The van der Waals surface area contributed by atoms with E-state index in [-0.39, 0.29) is 12.3 Å². The number of thioether (sulfide) groups is 1. The Kier molecular flexibility index (Phi) is 5.02. The van der Waals surface area contributed by atoms with Crippen molar-refractivity contribution in [1.82, 2.24) is 10.7 Å². The van der Waals surface area contributed by atoms with Gasteiger partial charge in [-0.05, 0) is 17.7 Å². The van der Waals surface area contributed by atoms with Crippen LogP contribution in [-0.2, 0) is 9.59 Å². The molecule has 0 bridgehead atoms. The fraction of sp³-hybridized carbons (Fsp3) is 0.250. The van der Waals surface area contributed by atoms with E-state index in [1.54, 1.807) is 6.21 Å². The molecule has 1 aliphatic rings. The molecule has 0 spiro atoms. The molecule has 2 unspecified atom stereocenters. The number of rotatable bonds is 5. The highest BCUT2D eigenvalue weighted by molar-refractivity contribution is 9.10. The van der Waals surface area contributed by atoms with Crippen LogP contribution in [0.4, 0.5) is 0 Å². The number of aliphatic carboxylic acids is 1. The highest BCUT2D eigenvalue weighted by Crippen LogP contribution is 2.24. The predicted molar refractivity (Wildman–Crippen MR) is 80.4 cm³/mol. The summed E-state index contributed by atoms with van der Waals surface area (Å²) in [7, 11) is 0. The summed E-state index contributed by atoms with van der Waals surface area (Å²) >= 11 is 4.55. The van der Waals surface area contributed by atoms with Gasteiger partial charge in [-0.15, -0.1) is 11.8 Å². The molecule has 6 nitrogen and oxygen atoms in total. The lowest BCUT2D eigenvalue weighted by molar-refractivity contribution is -0.138. The Morgan fingerprint density at radius 1 is 1.50 bits per heavy atom. The largest absolute Gasteiger partial charge is 0.481 e. The van der Waals surface area contributed by atoms with Gasteiger partial charge in [-0.1, -0.05) is 28.1 Å². The van der Waals surface area contributed by atoms with Crippen molar-refractivity contribution < 1.29 is 14.7 Å². The van der Waals surface area contributed by atoms with E-state index in [1.807, 2.05) is 24.3 Å². The predicted octanol–water partition coefficient (Wildman–Crippen LogP) is 1.36. The van der Waals surface area contributed by atoms with Gasteiger partial charge in [-0.3, -0.25) is 15.0 Å². The molecule has 1 aromatic carbocycles. The molecule has 3 N–H and O–H groups in total. The van der Waals surface area contributed by atoms with E-state index in [0.29, 0.717) is 0 Å². The van der Waals surface area contributed by atoms with Crippen molar-refractivity contribution in [2.24, 2.45) is 5.10 Å². The maximum Gasteiger partial charge on any atom is 0.305 e. The van der Waals surface area contributed by atoms with Gasteiger partial charge >= 0.3 is 5.97 Å². The van der Waals surface area contributed by atoms with Crippen LogP contribution >= 0.6 is 27.7 Å². The van der Waals surface area contributed by atoms with Crippen LogP contribution in [0.25, 0.3) is 0 Å². The maximum absolute atomic E-state index is 11.5. The van der Waals surface area contributed by atoms with Gasteiger partial charge < -0.3 is 10.4 Å². The summed E-state index contributed by atoms with van der Waals surface area (Å²) in [6.07, 6.45) is 1.44. The molecule has 1 amide bonds. The van der Waals surface area contributed by atoms with Crippen LogP contribution in [0, 0.1) is 0 Å². The topological polar surface area (TPSA) is 90.8 Å². The van der Waals surface area contributed by atoms with Crippen molar-refractivity contribution in [2.45, 2.75) is 17.2 Å². The highest BCUT2D eigenvalue weighted by Gasteiger charge is 2.33. The van der Waals surface area contributed by atoms with Crippen molar-refractivity contribution >= 4 is 45.8 Å². The monoisotopic (exact) mass is 357 g/mol. The van der Waals surface area contributed by atoms with Crippen LogP contribution < -0.4 is 10.7 Å². The fourth-order valence-electron chi connectivity index (χ4n) is 1.57. The van der Waals surface area contributed by atoms with Crippen LogP contribution in [0.5, 0.6) is 0 Å². The number of nitrogens with zero attached hydrogens (tertiary/aromatic N) is 1. The van der Waals surface area contributed by atoms with E-state index in [4.69, 9.17) is 5.11 Å². The first kappa shape index (κ1) is 14.9. The molecule has 0 saturated carbocycles. The number of hydrazone groups is 1. The molecule has 1 heterocycles. The molecule has 1 aromatic rings. The van der Waals surface area contributed by atoms with Gasteiger partial charge in [0.2, 0.25) is 5.91 Å². The number of hydrogen-bond acceptors (Lipinski definition) is 5. The number of nitrogens with one attached hydrogen (secondary N) is 2. The molecule has 2 atom stereocenters. The van der Waals surface area contributed by atoms with Crippen LogP contribution in [0.3, 0.4) is 0 Å². The van der Waals surface area contributed by atoms with Crippen LogP contribution in [-0.4, -0.2) is 33.9 Å². The Morgan fingerprint density at radius 3 is 2.85 bits per heavy atom. The summed E-state index contributed by atoms with van der Waals surface area (Å²) in [6.45, 7) is 0. The first-order valence-corrected chi connectivity index (χ1v) is 7.50. The Balaban J connectivity index is 1.84. The summed E-state index contributed by atoms with van der Waals surface area (Å²) in [5.74, 6) is -1.27. The lowest BCUT2D eigenvalue weighted by atomic mass is 10.2. The fourth-order valence-corrected chi connectivity index (χ4v) is 2.90. The zero-order chi connectivity index (χ0) is 14.5. The minimum atomic E-state index is -0.989. The minimum absolute atomic E-state index is 0.189. The average Bonchev–Trinajstić information content (AvgIpc) is 2.72. The number of benzene rings is 1. The van der Waals surface area contributed by atoms with Gasteiger partial charge in [-0.2, -0.15) is 5.10 Å². The van der Waals surface area contributed by atoms with Crippen LogP contribution in [0.2, 0.25) is 0 Å². The van der Waals surface area contributed by atoms with Crippen LogP contribution in [0.15, 0.2) is 33.8 Å². The summed E-state index contributed by atoms with van der Waals surface area (Å²) in [6, 6.07) is 7.58. The van der Waals surface area contributed by atoms with Crippen LogP contribution in [0.1, 0.15) is 12.0 Å². The van der Waals surface area contributed by atoms with Gasteiger partial charge in [0.05, 0.1) is 17.9 Å². The smallest absolute Gasteiger partial charge is 0.305 e. The maximum atomic E-state index is 11.5. The molecule has 1 aliphatic heterocycles. The summed E-state index contributed by atoms with van der Waals surface area (Å²) < 4.78 is 0.984. The van der Waals surface area contributed by atoms with Gasteiger partial charge in [0.1, 0.15) is 0 Å². The molecule has 8 heteroatoms. The summed E-state index contributed by atoms with van der Waals surface area (Å²) in [4.78, 5) is 22.1. The molecule has 106 valence electrons. The van der Waals surface area contributed by atoms with Gasteiger partial charge in [0.25, 0.3) is 0 Å². The van der Waals surface area contributed by atoms with Gasteiger partial charge in [0, 0.05) is 4.47 Å². The van der Waals surface area contributed by atoms with E-state index in [9.17, 15) is 9.59 Å². The van der Waals surface area contributed by atoms with E-state index >= 15 is 0 Å². The lowest BCUT2D eigenvalue weighted by Crippen LogP contribution is -2.35. The first-order chi connectivity index (χ1) is 9.54. The Morgan fingerprint density at radius 2 is 2.20 bits per heavy atom. The molecular weight excluding hydrogens is 346 g/mol. The SMILES string of the molecule is O=C(O)CC1SC(NN=Cc2ccc(Br)cc2)NC1=O. The quantitative estimate of drug-likeness (QED) is 0.546. The molecule has 2 rings (SSSR count). The summed E-state index contributed by atoms with van der Waals surface area (Å²) in [5.41, 5.74) is 3.28. The molecule has 20 heavy (non-hydrogen) atoms. The molecule has 0 radical (unpaired) electrons. The van der Waals surface area contributed by atoms with Crippen molar-refractivity contribution in [2.75, 3.05) is 0 Å². The number of carbonyl (C=O) groups is 2.